The van der Waals surface area contributed by atoms with Gasteiger partial charge in [0.1, 0.15) is 23.3 Å². The fourth-order valence-electron chi connectivity index (χ4n) is 12.4. The van der Waals surface area contributed by atoms with Gasteiger partial charge in [0.05, 0.1) is 21.2 Å². The van der Waals surface area contributed by atoms with Crippen LogP contribution >= 0.6 is 0 Å². The van der Waals surface area contributed by atoms with Gasteiger partial charge in [-0.05, 0) is 118 Å². The lowest BCUT2D eigenvalue weighted by Crippen LogP contribution is -2.07. The minimum atomic E-state index is -3.35. The molecule has 15 heteroatoms. The van der Waals surface area contributed by atoms with E-state index in [0.717, 1.165) is 114 Å². The second kappa shape index (κ2) is 44.3. The van der Waals surface area contributed by atoms with Crippen LogP contribution in [0.2, 0.25) is 0 Å². The lowest BCUT2D eigenvalue weighted by molar-refractivity contribution is 0.598. The third kappa shape index (κ3) is 26.1. The molecule has 8 aromatic carbocycles. The van der Waals surface area contributed by atoms with Crippen molar-refractivity contribution in [1.29, 1.82) is 0 Å². The molecular weight excluding hydrogens is 1490 g/mol. The van der Waals surface area contributed by atoms with E-state index in [9.17, 15) is 8.42 Å². The van der Waals surface area contributed by atoms with Crippen LogP contribution in [0.3, 0.4) is 0 Å². The van der Waals surface area contributed by atoms with Crippen molar-refractivity contribution in [3.05, 3.63) is 336 Å². The van der Waals surface area contributed by atoms with Gasteiger partial charge >= 0.3 is 0 Å². The predicted molar refractivity (Wildman–Crippen MR) is 497 cm³/mol. The molecule has 0 aliphatic carbocycles. The zero-order valence-electron chi connectivity index (χ0n) is 74.4. The second-order valence-electron chi connectivity index (χ2n) is 33.5. The average Bonchev–Trinajstić information content (AvgIpc) is 1.62. The van der Waals surface area contributed by atoms with Crippen LogP contribution in [0.1, 0.15) is 280 Å². The van der Waals surface area contributed by atoms with Gasteiger partial charge in [0.2, 0.25) is 9.84 Å². The van der Waals surface area contributed by atoms with E-state index in [1.807, 2.05) is 207 Å². The number of hydrogen-bond acceptors (Lipinski definition) is 14. The number of hydrogen-bond donors (Lipinski definition) is 0. The summed E-state index contributed by atoms with van der Waals surface area (Å²) < 4.78 is 25.3. The van der Waals surface area contributed by atoms with E-state index in [0.29, 0.717) is 69.0 Å². The highest BCUT2D eigenvalue weighted by Crippen LogP contribution is 2.45. The molecular formula is C105H122N12O2S. The number of nitrogens with zero attached hydrogens (tertiary/aromatic N) is 12. The number of benzene rings is 8. The Morgan fingerprint density at radius 2 is 0.500 bits per heavy atom. The van der Waals surface area contributed by atoms with Crippen LogP contribution in [0.15, 0.2) is 283 Å². The van der Waals surface area contributed by atoms with Gasteiger partial charge in [-0.1, -0.05) is 353 Å². The van der Waals surface area contributed by atoms with E-state index < -0.39 is 9.84 Å². The first kappa shape index (κ1) is 92.1. The van der Waals surface area contributed by atoms with Crippen molar-refractivity contribution in [2.24, 2.45) is 0 Å². The standard InChI is InChI=1S/C19H18N2.C18H17N3.C18H20O2S.C16H20N2.C15H19N3.C11H17N.C8H11N/c1-14(2)19-20-17(15-9-5-3-6-10-15)13-18(21-19)16-11-7-4-8-12-16;1-13(2)16-19-17(14-9-5-3-6-10-14)21-18(20-16)15-11-7-4-8-12-15;1-11(2)13-5-7-17-15(9-13)16-10-14(12(3)4)6-8-18(16)21(17,19)20;1-11(2)14-10-15(12(3)4)18-16(17-14)13-8-6-5-7-9-13;1-10(2)13-16-14(11(3)4)18-15(17-13)12-8-6-5-7-9-12;1-8(2)10-5-11(9(3)4)7-12-6-10;1-7(2)8-3-5-9-6-4-8/h3-14H,1-2H3;3-13H,1-2H3;5-12H,1-4H3;5-12H,1-4H3;5-11H,1-4H3;5-9H,1-4H3;3-7H,1-2H3. The lowest BCUT2D eigenvalue weighted by atomic mass is 9.94. The van der Waals surface area contributed by atoms with Crippen molar-refractivity contribution in [1.82, 2.24) is 59.8 Å². The molecule has 0 bridgehead atoms. The van der Waals surface area contributed by atoms with Crippen molar-refractivity contribution in [3.63, 3.8) is 0 Å². The zero-order valence-corrected chi connectivity index (χ0v) is 75.2. The zero-order chi connectivity index (χ0) is 86.7. The second-order valence-corrected chi connectivity index (χ2v) is 35.4. The van der Waals surface area contributed by atoms with Gasteiger partial charge in [-0.25, -0.2) is 58.3 Å². The Bertz CT molecular complexity index is 5130. The third-order valence-electron chi connectivity index (χ3n) is 20.0. The van der Waals surface area contributed by atoms with Crippen LogP contribution < -0.4 is 0 Å². The molecule has 120 heavy (non-hydrogen) atoms. The van der Waals surface area contributed by atoms with Crippen molar-refractivity contribution in [3.8, 4) is 79.2 Å². The summed E-state index contributed by atoms with van der Waals surface area (Å²) in [6, 6.07) is 82.8. The number of pyridine rings is 2. The van der Waals surface area contributed by atoms with E-state index in [4.69, 9.17) is 9.97 Å². The molecule has 0 amide bonds. The van der Waals surface area contributed by atoms with E-state index in [-0.39, 0.29) is 5.92 Å². The van der Waals surface area contributed by atoms with Gasteiger partial charge in [0.15, 0.2) is 23.3 Å². The van der Waals surface area contributed by atoms with Gasteiger partial charge in [-0.3, -0.25) is 9.97 Å². The SMILES string of the molecule is CC(C)c1cc(C(C)C)nc(-c2ccccc2)n1.CC(C)c1ccc2c(c1)-c1cc(C(C)C)ccc1S2(=O)=O.CC(C)c1ccncc1.CC(C)c1cncc(C(C)C)c1.CC(C)c1nc(-c2ccccc2)cc(-c2ccccc2)n1.CC(C)c1nc(-c2ccccc2)nc(-c2ccccc2)n1.CC(C)c1nc(-c2ccccc2)nc(C(C)C)n1. The highest BCUT2D eigenvalue weighted by molar-refractivity contribution is 7.92. The third-order valence-corrected chi connectivity index (χ3v) is 21.9. The Morgan fingerprint density at radius 3 is 0.792 bits per heavy atom. The van der Waals surface area contributed by atoms with E-state index >= 15 is 0 Å². The normalized spacial score (nSPS) is 11.7. The number of rotatable bonds is 17. The highest BCUT2D eigenvalue weighted by Gasteiger charge is 2.33. The van der Waals surface area contributed by atoms with Crippen LogP contribution in [0.4, 0.5) is 0 Å². The monoisotopic (exact) mass is 1610 g/mol. The average molecular weight is 1620 g/mol. The Kier molecular flexibility index (Phi) is 34.0. The molecule has 0 saturated heterocycles. The molecule has 620 valence electrons. The fraction of sp³-hybridized carbons (Fsp3) is 0.314. The minimum absolute atomic E-state index is 0.262. The first-order chi connectivity index (χ1) is 57.4. The number of aromatic nitrogens is 12. The summed E-state index contributed by atoms with van der Waals surface area (Å²) in [5, 5.41) is 0. The fourth-order valence-corrected chi connectivity index (χ4v) is 14.1. The van der Waals surface area contributed by atoms with Crippen LogP contribution in [0.5, 0.6) is 0 Å². The van der Waals surface area contributed by atoms with Gasteiger partial charge in [0, 0.05) is 104 Å². The summed E-state index contributed by atoms with van der Waals surface area (Å²) >= 11 is 0. The van der Waals surface area contributed by atoms with Crippen molar-refractivity contribution < 1.29 is 8.42 Å². The molecule has 7 heterocycles. The molecule has 0 fully saturated rings. The van der Waals surface area contributed by atoms with E-state index in [1.54, 1.807) is 12.1 Å². The maximum atomic E-state index is 12.6. The van der Waals surface area contributed by atoms with Gasteiger partial charge in [0.25, 0.3) is 0 Å². The molecule has 14 aromatic rings. The molecule has 1 aliphatic heterocycles. The molecule has 6 aromatic heterocycles. The first-order valence-corrected chi connectivity index (χ1v) is 43.9. The van der Waals surface area contributed by atoms with Crippen LogP contribution in [-0.2, 0) is 9.84 Å². The Labute approximate surface area is 716 Å². The van der Waals surface area contributed by atoms with Gasteiger partial charge < -0.3 is 0 Å². The number of fused-ring (bicyclic) bond motifs is 3. The molecule has 0 spiro atoms. The van der Waals surface area contributed by atoms with Gasteiger partial charge in [-0.15, -0.1) is 0 Å². The lowest BCUT2D eigenvalue weighted by Gasteiger charge is -2.12. The van der Waals surface area contributed by atoms with E-state index in [1.165, 1.54) is 27.8 Å². The molecule has 14 nitrogen and oxygen atoms in total. The molecule has 0 N–H and O–H groups in total. The first-order valence-electron chi connectivity index (χ1n) is 42.4. The summed E-state index contributed by atoms with van der Waals surface area (Å²) in [6.07, 6.45) is 7.57. The van der Waals surface area contributed by atoms with E-state index in [2.05, 4.69) is 257 Å². The number of sulfone groups is 1. The molecule has 0 radical (unpaired) electrons. The molecule has 0 saturated carbocycles. The Hall–Kier alpha value is -11.8. The van der Waals surface area contributed by atoms with Crippen molar-refractivity contribution >= 4 is 9.84 Å². The van der Waals surface area contributed by atoms with Crippen LogP contribution in [0.25, 0.3) is 79.2 Å². The molecule has 15 rings (SSSR count). The summed E-state index contributed by atoms with van der Waals surface area (Å²) in [5.74, 6) is 11.1. The topological polar surface area (TPSA) is 189 Å². The van der Waals surface area contributed by atoms with Crippen molar-refractivity contribution in [2.45, 2.75) is 227 Å². The van der Waals surface area contributed by atoms with Crippen LogP contribution in [-0.4, -0.2) is 68.2 Å². The Balaban J connectivity index is 0.000000161. The summed E-state index contributed by atoms with van der Waals surface area (Å²) in [6.45, 7) is 47.2. The predicted octanol–water partition coefficient (Wildman–Crippen LogP) is 27.7. The summed E-state index contributed by atoms with van der Waals surface area (Å²) in [7, 11) is -3.35. The maximum Gasteiger partial charge on any atom is 0.207 e. The smallest absolute Gasteiger partial charge is 0.207 e. The molecule has 0 unspecified atom stereocenters. The molecule has 0 atom stereocenters. The maximum absolute atomic E-state index is 12.6. The quantitative estimate of drug-likeness (QED) is 0.0837. The highest BCUT2D eigenvalue weighted by atomic mass is 32.2. The largest absolute Gasteiger partial charge is 0.265 e. The summed E-state index contributed by atoms with van der Waals surface area (Å²) in [4.78, 5) is 55.3. The Morgan fingerprint density at radius 1 is 0.217 bits per heavy atom. The summed E-state index contributed by atoms with van der Waals surface area (Å²) in [5.41, 5.74) is 18.7. The molecule has 1 aliphatic rings. The van der Waals surface area contributed by atoms with Gasteiger partial charge in [-0.2, -0.15) is 0 Å². The van der Waals surface area contributed by atoms with Crippen molar-refractivity contribution in [2.75, 3.05) is 0 Å². The minimum Gasteiger partial charge on any atom is -0.265 e. The van der Waals surface area contributed by atoms with Crippen LogP contribution in [0, 0.1) is 0 Å².